The Labute approximate surface area is 87.9 Å². The predicted molar refractivity (Wildman–Crippen MR) is 56.4 cm³/mol. The van der Waals surface area contributed by atoms with Gasteiger partial charge in [-0.1, -0.05) is 6.07 Å². The normalized spacial score (nSPS) is 13.1. The largest absolute Gasteiger partial charge is 0.493 e. The van der Waals surface area contributed by atoms with Crippen molar-refractivity contribution in [3.05, 3.63) is 23.8 Å². The summed E-state index contributed by atoms with van der Waals surface area (Å²) < 4.78 is 5.32. The van der Waals surface area contributed by atoms with E-state index in [9.17, 15) is 4.79 Å². The van der Waals surface area contributed by atoms with Crippen LogP contribution in [0, 0.1) is 0 Å². The van der Waals surface area contributed by atoms with Gasteiger partial charge in [0.05, 0.1) is 13.0 Å². The second kappa shape index (κ2) is 4.21. The summed E-state index contributed by atoms with van der Waals surface area (Å²) in [5.41, 5.74) is 2.39. The smallest absolute Gasteiger partial charge is 0.306 e. The number of carboxylic acid groups (broad SMARTS) is 1. The number of hydrogen-bond acceptors (Lipinski definition) is 3. The maximum absolute atomic E-state index is 10.3. The molecule has 0 radical (unpaired) electrons. The Balaban J connectivity index is 1.95. The SMILES string of the molecule is O=C(O)CCOc1ccc2c(c1)NCC2. The number of hydrogen-bond donors (Lipinski definition) is 2. The van der Waals surface area contributed by atoms with Gasteiger partial charge in [0.2, 0.25) is 0 Å². The van der Waals surface area contributed by atoms with Crippen LogP contribution in [0.15, 0.2) is 18.2 Å². The second-order valence-electron chi connectivity index (χ2n) is 3.49. The number of nitrogens with one attached hydrogen (secondary N) is 1. The Hall–Kier alpha value is -1.71. The van der Waals surface area contributed by atoms with Gasteiger partial charge in [-0.05, 0) is 18.1 Å². The predicted octanol–water partition coefficient (Wildman–Crippen LogP) is 1.51. The van der Waals surface area contributed by atoms with E-state index < -0.39 is 5.97 Å². The van der Waals surface area contributed by atoms with E-state index in [1.165, 1.54) is 5.56 Å². The number of rotatable bonds is 4. The molecule has 0 aromatic heterocycles. The van der Waals surface area contributed by atoms with Crippen LogP contribution in [0.2, 0.25) is 0 Å². The van der Waals surface area contributed by atoms with Gasteiger partial charge in [0.15, 0.2) is 0 Å². The second-order valence-corrected chi connectivity index (χ2v) is 3.49. The summed E-state index contributed by atoms with van der Waals surface area (Å²) >= 11 is 0. The van der Waals surface area contributed by atoms with Crippen LogP contribution < -0.4 is 10.1 Å². The highest BCUT2D eigenvalue weighted by Crippen LogP contribution is 2.26. The van der Waals surface area contributed by atoms with Crippen molar-refractivity contribution in [3.63, 3.8) is 0 Å². The number of fused-ring (bicyclic) bond motifs is 1. The molecule has 0 unspecified atom stereocenters. The Morgan fingerprint density at radius 2 is 2.40 bits per heavy atom. The summed E-state index contributed by atoms with van der Waals surface area (Å²) in [4.78, 5) is 10.3. The Morgan fingerprint density at radius 1 is 1.53 bits per heavy atom. The minimum atomic E-state index is -0.839. The van der Waals surface area contributed by atoms with E-state index in [2.05, 4.69) is 5.32 Å². The van der Waals surface area contributed by atoms with Crippen LogP contribution in [-0.4, -0.2) is 24.2 Å². The first-order valence-corrected chi connectivity index (χ1v) is 4.97. The topological polar surface area (TPSA) is 58.6 Å². The molecule has 2 N–H and O–H groups in total. The van der Waals surface area contributed by atoms with Crippen molar-refractivity contribution in [2.75, 3.05) is 18.5 Å². The summed E-state index contributed by atoms with van der Waals surface area (Å²) in [7, 11) is 0. The van der Waals surface area contributed by atoms with Gasteiger partial charge in [-0.3, -0.25) is 4.79 Å². The summed E-state index contributed by atoms with van der Waals surface area (Å²) in [6.07, 6.45) is 1.08. The fraction of sp³-hybridized carbons (Fsp3) is 0.364. The molecular formula is C11H13NO3. The highest BCUT2D eigenvalue weighted by molar-refractivity contribution is 5.66. The first-order chi connectivity index (χ1) is 7.25. The zero-order valence-corrected chi connectivity index (χ0v) is 8.32. The van der Waals surface area contributed by atoms with Gasteiger partial charge in [-0.2, -0.15) is 0 Å². The van der Waals surface area contributed by atoms with E-state index in [1.54, 1.807) is 0 Å². The molecule has 80 valence electrons. The molecule has 0 aliphatic carbocycles. The fourth-order valence-electron chi connectivity index (χ4n) is 1.62. The van der Waals surface area contributed by atoms with Crippen LogP contribution in [0.4, 0.5) is 5.69 Å². The number of ether oxygens (including phenoxy) is 1. The van der Waals surface area contributed by atoms with E-state index in [0.717, 1.165) is 24.4 Å². The third-order valence-corrected chi connectivity index (χ3v) is 2.38. The van der Waals surface area contributed by atoms with E-state index in [1.807, 2.05) is 18.2 Å². The molecule has 1 aromatic rings. The number of benzene rings is 1. The minimum Gasteiger partial charge on any atom is -0.493 e. The highest BCUT2D eigenvalue weighted by Gasteiger charge is 2.10. The Kier molecular flexibility index (Phi) is 2.76. The lowest BCUT2D eigenvalue weighted by Gasteiger charge is -2.06. The van der Waals surface area contributed by atoms with Crippen LogP contribution in [-0.2, 0) is 11.2 Å². The summed E-state index contributed by atoms with van der Waals surface area (Å²) in [6, 6.07) is 5.82. The molecule has 0 atom stereocenters. The molecule has 1 aliphatic rings. The van der Waals surface area contributed by atoms with Crippen molar-refractivity contribution in [2.24, 2.45) is 0 Å². The zero-order valence-electron chi connectivity index (χ0n) is 8.32. The quantitative estimate of drug-likeness (QED) is 0.785. The highest BCUT2D eigenvalue weighted by atomic mass is 16.5. The lowest BCUT2D eigenvalue weighted by atomic mass is 10.1. The molecule has 1 aromatic carbocycles. The lowest BCUT2D eigenvalue weighted by Crippen LogP contribution is -2.04. The Bertz CT molecular complexity index is 376. The van der Waals surface area contributed by atoms with Gasteiger partial charge in [-0.25, -0.2) is 0 Å². The first-order valence-electron chi connectivity index (χ1n) is 4.97. The van der Waals surface area contributed by atoms with Crippen molar-refractivity contribution in [3.8, 4) is 5.75 Å². The monoisotopic (exact) mass is 207 g/mol. The number of anilines is 1. The van der Waals surface area contributed by atoms with Gasteiger partial charge in [0, 0.05) is 18.3 Å². The van der Waals surface area contributed by atoms with Crippen LogP contribution in [0.5, 0.6) is 5.75 Å². The van der Waals surface area contributed by atoms with E-state index in [4.69, 9.17) is 9.84 Å². The summed E-state index contributed by atoms with van der Waals surface area (Å²) in [6.45, 7) is 1.18. The molecule has 1 heterocycles. The average molecular weight is 207 g/mol. The lowest BCUT2D eigenvalue weighted by molar-refractivity contribution is -0.137. The van der Waals surface area contributed by atoms with Crippen molar-refractivity contribution in [2.45, 2.75) is 12.8 Å². The van der Waals surface area contributed by atoms with Crippen molar-refractivity contribution < 1.29 is 14.6 Å². The van der Waals surface area contributed by atoms with E-state index in [-0.39, 0.29) is 13.0 Å². The molecule has 0 bridgehead atoms. The zero-order chi connectivity index (χ0) is 10.7. The third-order valence-electron chi connectivity index (χ3n) is 2.38. The van der Waals surface area contributed by atoms with Crippen molar-refractivity contribution in [1.82, 2.24) is 0 Å². The molecule has 0 amide bonds. The van der Waals surface area contributed by atoms with Crippen molar-refractivity contribution >= 4 is 11.7 Å². The van der Waals surface area contributed by atoms with Gasteiger partial charge in [0.1, 0.15) is 5.75 Å². The van der Waals surface area contributed by atoms with Crippen LogP contribution in [0.3, 0.4) is 0 Å². The minimum absolute atomic E-state index is 0.0323. The molecule has 0 saturated carbocycles. The molecule has 0 fully saturated rings. The summed E-state index contributed by atoms with van der Waals surface area (Å²) in [5.74, 6) is -0.112. The van der Waals surface area contributed by atoms with Crippen molar-refractivity contribution in [1.29, 1.82) is 0 Å². The molecule has 4 heteroatoms. The van der Waals surface area contributed by atoms with Crippen LogP contribution in [0.1, 0.15) is 12.0 Å². The van der Waals surface area contributed by atoms with E-state index >= 15 is 0 Å². The summed E-state index contributed by atoms with van der Waals surface area (Å²) in [5, 5.41) is 11.7. The number of carbonyl (C=O) groups is 1. The van der Waals surface area contributed by atoms with Gasteiger partial charge >= 0.3 is 5.97 Å². The van der Waals surface area contributed by atoms with Gasteiger partial charge in [0.25, 0.3) is 0 Å². The van der Waals surface area contributed by atoms with Crippen LogP contribution in [0.25, 0.3) is 0 Å². The maximum Gasteiger partial charge on any atom is 0.306 e. The Morgan fingerprint density at radius 3 is 3.20 bits per heavy atom. The molecule has 0 spiro atoms. The first kappa shape index (κ1) is 9.83. The van der Waals surface area contributed by atoms with Gasteiger partial charge < -0.3 is 15.2 Å². The number of carboxylic acids is 1. The average Bonchev–Trinajstić information content (AvgIpc) is 2.64. The third kappa shape index (κ3) is 2.40. The van der Waals surface area contributed by atoms with Crippen LogP contribution >= 0.6 is 0 Å². The molecule has 15 heavy (non-hydrogen) atoms. The molecule has 0 saturated heterocycles. The molecule has 4 nitrogen and oxygen atoms in total. The van der Waals surface area contributed by atoms with Gasteiger partial charge in [-0.15, -0.1) is 0 Å². The fourth-order valence-corrected chi connectivity index (χ4v) is 1.62. The molecule has 2 rings (SSSR count). The maximum atomic E-state index is 10.3. The van der Waals surface area contributed by atoms with E-state index in [0.29, 0.717) is 0 Å². The molecular weight excluding hydrogens is 194 g/mol. The standard InChI is InChI=1S/C11H13NO3/c13-11(14)4-6-15-9-2-1-8-3-5-12-10(8)7-9/h1-2,7,12H,3-6H2,(H,13,14). The molecule has 1 aliphatic heterocycles. The number of aliphatic carboxylic acids is 1.